The maximum atomic E-state index is 5.89. The average molecular weight is 277 g/mol. The minimum atomic E-state index is 0.205. The van der Waals surface area contributed by atoms with E-state index in [1.54, 1.807) is 11.3 Å². The summed E-state index contributed by atoms with van der Waals surface area (Å²) in [5, 5.41) is 6.54. The van der Waals surface area contributed by atoms with Gasteiger partial charge in [0.2, 0.25) is 0 Å². The Kier molecular flexibility index (Phi) is 4.63. The molecule has 1 heterocycles. The molecule has 4 nitrogen and oxygen atoms in total. The molecule has 1 aromatic carbocycles. The van der Waals surface area contributed by atoms with E-state index in [0.29, 0.717) is 12.3 Å². The van der Waals surface area contributed by atoms with E-state index in [-0.39, 0.29) is 6.04 Å². The van der Waals surface area contributed by atoms with Gasteiger partial charge in [-0.25, -0.2) is 4.98 Å². The molecule has 0 fully saturated rings. The number of hydrogen-bond donors (Lipinski definition) is 2. The van der Waals surface area contributed by atoms with Crippen molar-refractivity contribution in [2.45, 2.75) is 26.3 Å². The van der Waals surface area contributed by atoms with Gasteiger partial charge in [0.05, 0.1) is 12.6 Å². The van der Waals surface area contributed by atoms with Crippen LogP contribution >= 0.6 is 11.3 Å². The normalized spacial score (nSPS) is 12.1. The molecule has 2 aromatic rings. The number of nitrogens with two attached hydrogens (primary N) is 1. The highest BCUT2D eigenvalue weighted by molar-refractivity contribution is 7.09. The Bertz CT molecular complexity index is 513. The van der Waals surface area contributed by atoms with Gasteiger partial charge < -0.3 is 15.8 Å². The lowest BCUT2D eigenvalue weighted by Crippen LogP contribution is -2.09. The minimum Gasteiger partial charge on any atom is -0.494 e. The van der Waals surface area contributed by atoms with E-state index in [0.717, 1.165) is 22.9 Å². The van der Waals surface area contributed by atoms with Gasteiger partial charge in [-0.3, -0.25) is 0 Å². The number of rotatable bonds is 6. The Morgan fingerprint density at radius 2 is 2.21 bits per heavy atom. The van der Waals surface area contributed by atoms with Crippen molar-refractivity contribution in [3.8, 4) is 5.75 Å². The molecule has 0 saturated heterocycles. The fraction of sp³-hybridized carbons (Fsp3) is 0.357. The second-order valence-electron chi connectivity index (χ2n) is 4.20. The Labute approximate surface area is 117 Å². The van der Waals surface area contributed by atoms with Crippen LogP contribution in [-0.2, 0) is 0 Å². The number of anilines is 2. The van der Waals surface area contributed by atoms with Crippen LogP contribution in [0, 0.1) is 0 Å². The summed E-state index contributed by atoms with van der Waals surface area (Å²) in [5.74, 6) is 0.791. The van der Waals surface area contributed by atoms with Crippen LogP contribution in [0.5, 0.6) is 5.75 Å². The average Bonchev–Trinajstić information content (AvgIpc) is 2.89. The lowest BCUT2D eigenvalue weighted by Gasteiger charge is -2.17. The molecule has 19 heavy (non-hydrogen) atoms. The predicted molar refractivity (Wildman–Crippen MR) is 80.8 cm³/mol. The standard InChI is InChI=1S/C14H19N3OS/c1-3-13(14-16-5-6-19-14)17-11-7-10(15)8-12(9-11)18-4-2/h5-9,13,17H,3-4,15H2,1-2H3. The first kappa shape index (κ1) is 13.7. The highest BCUT2D eigenvalue weighted by Crippen LogP contribution is 2.28. The smallest absolute Gasteiger partial charge is 0.123 e. The maximum absolute atomic E-state index is 5.89. The van der Waals surface area contributed by atoms with Gasteiger partial charge >= 0.3 is 0 Å². The molecule has 1 unspecified atom stereocenters. The van der Waals surface area contributed by atoms with Gasteiger partial charge in [0.15, 0.2) is 0 Å². The molecule has 3 N–H and O–H groups in total. The predicted octanol–water partition coefficient (Wildman–Crippen LogP) is 3.69. The molecule has 0 aliphatic rings. The minimum absolute atomic E-state index is 0.205. The summed E-state index contributed by atoms with van der Waals surface area (Å²) in [6, 6.07) is 5.92. The van der Waals surface area contributed by atoms with Crippen molar-refractivity contribution in [3.05, 3.63) is 34.8 Å². The number of thiazole rings is 1. The fourth-order valence-electron chi connectivity index (χ4n) is 1.90. The molecule has 0 bridgehead atoms. The highest BCUT2D eigenvalue weighted by Gasteiger charge is 2.12. The van der Waals surface area contributed by atoms with E-state index >= 15 is 0 Å². The molecule has 0 amide bonds. The number of benzene rings is 1. The molecule has 0 aliphatic carbocycles. The van der Waals surface area contributed by atoms with Crippen molar-refractivity contribution in [2.75, 3.05) is 17.7 Å². The quantitative estimate of drug-likeness (QED) is 0.791. The number of hydrogen-bond acceptors (Lipinski definition) is 5. The van der Waals surface area contributed by atoms with Crippen LogP contribution in [0.2, 0.25) is 0 Å². The molecule has 5 heteroatoms. The van der Waals surface area contributed by atoms with Crippen molar-refractivity contribution < 1.29 is 4.74 Å². The van der Waals surface area contributed by atoms with Crippen molar-refractivity contribution in [3.63, 3.8) is 0 Å². The molecule has 102 valence electrons. The van der Waals surface area contributed by atoms with Crippen molar-refractivity contribution >= 4 is 22.7 Å². The number of nitrogen functional groups attached to an aromatic ring is 1. The highest BCUT2D eigenvalue weighted by atomic mass is 32.1. The second-order valence-corrected chi connectivity index (χ2v) is 5.13. The first-order valence-corrected chi connectivity index (χ1v) is 7.30. The summed E-state index contributed by atoms with van der Waals surface area (Å²) < 4.78 is 5.50. The van der Waals surface area contributed by atoms with E-state index in [9.17, 15) is 0 Å². The molecule has 2 rings (SSSR count). The first-order chi connectivity index (χ1) is 9.22. The summed E-state index contributed by atoms with van der Waals surface area (Å²) in [7, 11) is 0. The van der Waals surface area contributed by atoms with E-state index in [1.165, 1.54) is 0 Å². The van der Waals surface area contributed by atoms with Gasteiger partial charge in [0.1, 0.15) is 10.8 Å². The van der Waals surface area contributed by atoms with Crippen LogP contribution < -0.4 is 15.8 Å². The third kappa shape index (κ3) is 3.61. The van der Waals surface area contributed by atoms with Gasteiger partial charge in [-0.2, -0.15) is 0 Å². The Morgan fingerprint density at radius 1 is 1.37 bits per heavy atom. The molecule has 0 radical (unpaired) electrons. The van der Waals surface area contributed by atoms with Gasteiger partial charge in [-0.1, -0.05) is 6.92 Å². The second kappa shape index (κ2) is 6.43. The summed E-state index contributed by atoms with van der Waals surface area (Å²) in [6.07, 6.45) is 2.79. The van der Waals surface area contributed by atoms with E-state index in [4.69, 9.17) is 10.5 Å². The third-order valence-corrected chi connectivity index (χ3v) is 3.63. The van der Waals surface area contributed by atoms with Crippen molar-refractivity contribution in [2.24, 2.45) is 0 Å². The zero-order valence-electron chi connectivity index (χ0n) is 11.2. The monoisotopic (exact) mass is 277 g/mol. The van der Waals surface area contributed by atoms with E-state index in [1.807, 2.05) is 36.7 Å². The topological polar surface area (TPSA) is 60.2 Å². The molecule has 0 spiro atoms. The van der Waals surface area contributed by atoms with Crippen LogP contribution in [0.25, 0.3) is 0 Å². The molecular formula is C14H19N3OS. The largest absolute Gasteiger partial charge is 0.494 e. The summed E-state index contributed by atoms with van der Waals surface area (Å²) >= 11 is 1.66. The fourth-order valence-corrected chi connectivity index (χ4v) is 2.67. The molecule has 0 aliphatic heterocycles. The summed E-state index contributed by atoms with van der Waals surface area (Å²) in [5.41, 5.74) is 7.55. The summed E-state index contributed by atoms with van der Waals surface area (Å²) in [6.45, 7) is 4.72. The SMILES string of the molecule is CCOc1cc(N)cc(NC(CC)c2nccs2)c1. The third-order valence-electron chi connectivity index (χ3n) is 2.74. The van der Waals surface area contributed by atoms with Crippen LogP contribution in [-0.4, -0.2) is 11.6 Å². The number of ether oxygens (including phenoxy) is 1. The van der Waals surface area contributed by atoms with Crippen LogP contribution in [0.1, 0.15) is 31.3 Å². The number of nitrogens with zero attached hydrogens (tertiary/aromatic N) is 1. The van der Waals surface area contributed by atoms with Gasteiger partial charge in [-0.15, -0.1) is 11.3 Å². The number of nitrogens with one attached hydrogen (secondary N) is 1. The lowest BCUT2D eigenvalue weighted by atomic mass is 10.2. The van der Waals surface area contributed by atoms with Gasteiger partial charge in [0, 0.05) is 35.1 Å². The molecule has 0 saturated carbocycles. The lowest BCUT2D eigenvalue weighted by molar-refractivity contribution is 0.340. The van der Waals surface area contributed by atoms with Gasteiger partial charge in [0.25, 0.3) is 0 Å². The Morgan fingerprint density at radius 3 is 2.84 bits per heavy atom. The number of aromatic nitrogens is 1. The Balaban J connectivity index is 2.17. The first-order valence-electron chi connectivity index (χ1n) is 6.42. The van der Waals surface area contributed by atoms with Crippen LogP contribution in [0.4, 0.5) is 11.4 Å². The van der Waals surface area contributed by atoms with Crippen LogP contribution in [0.3, 0.4) is 0 Å². The molecule has 1 aromatic heterocycles. The molecule has 1 atom stereocenters. The zero-order valence-corrected chi connectivity index (χ0v) is 12.0. The van der Waals surface area contributed by atoms with Crippen molar-refractivity contribution in [1.29, 1.82) is 0 Å². The zero-order chi connectivity index (χ0) is 13.7. The maximum Gasteiger partial charge on any atom is 0.123 e. The molecular weight excluding hydrogens is 258 g/mol. The summed E-state index contributed by atoms with van der Waals surface area (Å²) in [4.78, 5) is 4.36. The van der Waals surface area contributed by atoms with Gasteiger partial charge in [-0.05, 0) is 19.4 Å². The van der Waals surface area contributed by atoms with E-state index < -0.39 is 0 Å². The van der Waals surface area contributed by atoms with Crippen molar-refractivity contribution in [1.82, 2.24) is 4.98 Å². The van der Waals surface area contributed by atoms with E-state index in [2.05, 4.69) is 17.2 Å². The Hall–Kier alpha value is -1.75. The van der Waals surface area contributed by atoms with Crippen LogP contribution in [0.15, 0.2) is 29.8 Å².